The van der Waals surface area contributed by atoms with Crippen LogP contribution in [0.5, 0.6) is 0 Å². The van der Waals surface area contributed by atoms with E-state index in [1.54, 1.807) is 25.1 Å². The van der Waals surface area contributed by atoms with Gasteiger partial charge in [-0.3, -0.25) is 14.5 Å². The Hall–Kier alpha value is -2.41. The highest BCUT2D eigenvalue weighted by Crippen LogP contribution is 2.43. The summed E-state index contributed by atoms with van der Waals surface area (Å²) in [4.78, 5) is 25.2. The molecule has 2 aromatic carbocycles. The van der Waals surface area contributed by atoms with Crippen molar-refractivity contribution >= 4 is 35.0 Å². The normalized spacial score (nSPS) is 17.0. The van der Waals surface area contributed by atoms with Gasteiger partial charge in [0.05, 0.1) is 11.4 Å². The Bertz CT molecular complexity index is 828. The Morgan fingerprint density at radius 2 is 2.08 bits per heavy atom. The molecule has 130 valence electrons. The van der Waals surface area contributed by atoms with Crippen LogP contribution in [0.15, 0.2) is 42.5 Å². The first-order valence-corrected chi connectivity index (χ1v) is 8.83. The van der Waals surface area contributed by atoms with Crippen molar-refractivity contribution in [2.24, 2.45) is 0 Å². The van der Waals surface area contributed by atoms with Crippen LogP contribution in [0.4, 0.5) is 20.2 Å². The second-order valence-corrected chi connectivity index (χ2v) is 6.62. The highest BCUT2D eigenvalue weighted by molar-refractivity contribution is 8.00. The lowest BCUT2D eigenvalue weighted by molar-refractivity contribution is -0.116. The smallest absolute Gasteiger partial charge is 0.238 e. The van der Waals surface area contributed by atoms with E-state index in [2.05, 4.69) is 5.32 Å². The molecule has 0 aliphatic carbocycles. The molecule has 2 aromatic rings. The predicted molar refractivity (Wildman–Crippen MR) is 94.4 cm³/mol. The monoisotopic (exact) mass is 362 g/mol. The van der Waals surface area contributed by atoms with Gasteiger partial charge in [-0.15, -0.1) is 11.8 Å². The van der Waals surface area contributed by atoms with Crippen LogP contribution in [0.3, 0.4) is 0 Å². The average Bonchev–Trinajstić information content (AvgIpc) is 2.96. The Morgan fingerprint density at radius 1 is 1.28 bits per heavy atom. The van der Waals surface area contributed by atoms with Crippen LogP contribution >= 0.6 is 11.8 Å². The molecular weight excluding hydrogens is 346 g/mol. The summed E-state index contributed by atoms with van der Waals surface area (Å²) in [6.45, 7) is 1.75. The van der Waals surface area contributed by atoms with Gasteiger partial charge in [0.15, 0.2) is 0 Å². The van der Waals surface area contributed by atoms with Crippen LogP contribution in [0, 0.1) is 11.6 Å². The summed E-state index contributed by atoms with van der Waals surface area (Å²) >= 11 is 1.36. The maximum absolute atomic E-state index is 14.2. The van der Waals surface area contributed by atoms with Crippen molar-refractivity contribution in [3.63, 3.8) is 0 Å². The van der Waals surface area contributed by atoms with E-state index in [4.69, 9.17) is 0 Å². The molecule has 1 saturated heterocycles. The van der Waals surface area contributed by atoms with Crippen molar-refractivity contribution in [3.8, 4) is 0 Å². The number of amides is 2. The Balaban J connectivity index is 1.94. The molecule has 0 aromatic heterocycles. The summed E-state index contributed by atoms with van der Waals surface area (Å²) in [7, 11) is 0. The van der Waals surface area contributed by atoms with Crippen LogP contribution < -0.4 is 10.2 Å². The lowest BCUT2D eigenvalue weighted by Gasteiger charge is -2.25. The fraction of sp³-hybridized carbons (Fsp3) is 0.222. The van der Waals surface area contributed by atoms with E-state index in [1.807, 2.05) is 6.07 Å². The second kappa shape index (κ2) is 7.23. The minimum absolute atomic E-state index is 0.0457. The zero-order chi connectivity index (χ0) is 18.0. The maximum Gasteiger partial charge on any atom is 0.238 e. The lowest BCUT2D eigenvalue weighted by Crippen LogP contribution is -2.28. The third-order valence-corrected chi connectivity index (χ3v) is 5.03. The molecule has 1 unspecified atom stereocenters. The molecule has 0 spiro atoms. The number of carbonyl (C=O) groups excluding carboxylic acids is 2. The molecule has 0 bridgehead atoms. The average molecular weight is 362 g/mol. The molecule has 1 aliphatic heterocycles. The van der Waals surface area contributed by atoms with Gasteiger partial charge in [-0.2, -0.15) is 0 Å². The molecule has 1 N–H and O–H groups in total. The Morgan fingerprint density at radius 3 is 2.80 bits per heavy atom. The summed E-state index contributed by atoms with van der Waals surface area (Å²) in [5.74, 6) is -1.64. The van der Waals surface area contributed by atoms with E-state index in [-0.39, 0.29) is 23.3 Å². The van der Waals surface area contributed by atoms with Gasteiger partial charge in [0.25, 0.3) is 0 Å². The van der Waals surface area contributed by atoms with Gasteiger partial charge in [0.2, 0.25) is 11.8 Å². The molecule has 4 nitrogen and oxygen atoms in total. The van der Waals surface area contributed by atoms with Gasteiger partial charge >= 0.3 is 0 Å². The molecule has 7 heteroatoms. The van der Waals surface area contributed by atoms with Crippen LogP contribution in [0.2, 0.25) is 0 Å². The summed E-state index contributed by atoms with van der Waals surface area (Å²) in [6.07, 6.45) is 0.355. The lowest BCUT2D eigenvalue weighted by atomic mass is 10.1. The number of rotatable bonds is 4. The van der Waals surface area contributed by atoms with E-state index in [9.17, 15) is 18.4 Å². The molecule has 1 atom stereocenters. The summed E-state index contributed by atoms with van der Waals surface area (Å²) < 4.78 is 27.3. The minimum atomic E-state index is -0.781. The van der Waals surface area contributed by atoms with Crippen LogP contribution in [0.1, 0.15) is 24.3 Å². The van der Waals surface area contributed by atoms with Crippen molar-refractivity contribution in [3.05, 3.63) is 59.7 Å². The number of anilines is 2. The quantitative estimate of drug-likeness (QED) is 0.891. The molecule has 25 heavy (non-hydrogen) atoms. The van der Waals surface area contributed by atoms with Crippen molar-refractivity contribution < 1.29 is 18.4 Å². The van der Waals surface area contributed by atoms with E-state index in [0.29, 0.717) is 12.1 Å². The molecule has 2 amide bonds. The van der Waals surface area contributed by atoms with E-state index in [1.165, 1.54) is 22.7 Å². The largest absolute Gasteiger partial charge is 0.326 e. The first-order chi connectivity index (χ1) is 12.0. The number of halogens is 2. The number of carbonyl (C=O) groups is 2. The molecule has 1 fully saturated rings. The number of hydrogen-bond donors (Lipinski definition) is 1. The van der Waals surface area contributed by atoms with E-state index < -0.39 is 17.0 Å². The van der Waals surface area contributed by atoms with Gasteiger partial charge in [-0.1, -0.05) is 19.1 Å². The van der Waals surface area contributed by atoms with Gasteiger partial charge < -0.3 is 5.32 Å². The molecule has 0 radical (unpaired) electrons. The predicted octanol–water partition coefficient (Wildman–Crippen LogP) is 4.09. The molecule has 1 heterocycles. The molecule has 1 aliphatic rings. The van der Waals surface area contributed by atoms with Crippen molar-refractivity contribution in [2.75, 3.05) is 16.0 Å². The van der Waals surface area contributed by atoms with Gasteiger partial charge in [0.1, 0.15) is 17.0 Å². The topological polar surface area (TPSA) is 49.4 Å². The van der Waals surface area contributed by atoms with E-state index >= 15 is 0 Å². The second-order valence-electron chi connectivity index (χ2n) is 5.55. The highest BCUT2D eigenvalue weighted by atomic mass is 32.2. The molecule has 0 saturated carbocycles. The fourth-order valence-corrected chi connectivity index (χ4v) is 3.79. The maximum atomic E-state index is 14.2. The third kappa shape index (κ3) is 3.66. The summed E-state index contributed by atoms with van der Waals surface area (Å²) in [6, 6.07) is 10.3. The van der Waals surface area contributed by atoms with Gasteiger partial charge in [-0.05, 0) is 29.8 Å². The number of hydrogen-bond acceptors (Lipinski definition) is 3. The van der Waals surface area contributed by atoms with Crippen LogP contribution in [-0.4, -0.2) is 17.6 Å². The Kier molecular flexibility index (Phi) is 5.03. The number of nitrogens with one attached hydrogen (secondary N) is 1. The Labute approximate surface area is 148 Å². The standard InChI is InChI=1S/C18H16F2N2O2S/c1-2-16(23)21-13-5-3-4-11(8-13)18-22(17(24)10-25-18)15-7-6-12(19)9-14(15)20/h3-9,18H,2,10H2,1H3,(H,21,23). The molecule has 3 rings (SSSR count). The van der Waals surface area contributed by atoms with E-state index in [0.717, 1.165) is 17.7 Å². The SMILES string of the molecule is CCC(=O)Nc1cccc(C2SCC(=O)N2c2ccc(F)cc2F)c1. The van der Waals surface area contributed by atoms with Crippen LogP contribution in [0.25, 0.3) is 0 Å². The number of nitrogens with zero attached hydrogens (tertiary/aromatic N) is 1. The first-order valence-electron chi connectivity index (χ1n) is 7.78. The third-order valence-electron chi connectivity index (χ3n) is 3.81. The van der Waals surface area contributed by atoms with Crippen molar-refractivity contribution in [2.45, 2.75) is 18.7 Å². The fourth-order valence-electron chi connectivity index (χ4n) is 2.63. The van der Waals surface area contributed by atoms with Gasteiger partial charge in [0, 0.05) is 18.2 Å². The van der Waals surface area contributed by atoms with Crippen LogP contribution in [-0.2, 0) is 9.59 Å². The van der Waals surface area contributed by atoms with Gasteiger partial charge in [-0.25, -0.2) is 8.78 Å². The number of thioether (sulfide) groups is 1. The summed E-state index contributed by atoms with van der Waals surface area (Å²) in [5.41, 5.74) is 1.42. The summed E-state index contributed by atoms with van der Waals surface area (Å²) in [5, 5.41) is 2.33. The minimum Gasteiger partial charge on any atom is -0.326 e. The van der Waals surface area contributed by atoms with Crippen molar-refractivity contribution in [1.29, 1.82) is 0 Å². The first kappa shape index (κ1) is 17.4. The number of benzene rings is 2. The molecular formula is C18H16F2N2O2S. The zero-order valence-electron chi connectivity index (χ0n) is 13.5. The highest BCUT2D eigenvalue weighted by Gasteiger charge is 2.35. The zero-order valence-corrected chi connectivity index (χ0v) is 14.3. The van der Waals surface area contributed by atoms with Crippen molar-refractivity contribution in [1.82, 2.24) is 0 Å².